The molecule has 2 heterocycles. The van der Waals surface area contributed by atoms with Crippen LogP contribution >= 0.6 is 0 Å². The number of hydrogen-bond donors (Lipinski definition) is 1. The summed E-state index contributed by atoms with van der Waals surface area (Å²) in [6, 6.07) is 3.39. The van der Waals surface area contributed by atoms with Gasteiger partial charge in [-0.2, -0.15) is 8.42 Å². The van der Waals surface area contributed by atoms with Crippen LogP contribution in [0.2, 0.25) is 0 Å². The number of carbonyl (C=O) groups is 1. The third-order valence-corrected chi connectivity index (χ3v) is 4.82. The van der Waals surface area contributed by atoms with E-state index in [0.717, 1.165) is 4.31 Å². The molecule has 0 aromatic carbocycles. The fourth-order valence-corrected chi connectivity index (χ4v) is 3.68. The molecule has 0 bridgehead atoms. The highest BCUT2D eigenvalue weighted by atomic mass is 32.2. The SMILES string of the molecule is CC(CNC(C)C)CN1C(=O)c2cccnc2S1(=O)=O. The van der Waals surface area contributed by atoms with Gasteiger partial charge in [0.15, 0.2) is 5.03 Å². The van der Waals surface area contributed by atoms with Crippen LogP contribution in [0.3, 0.4) is 0 Å². The first-order valence-corrected chi connectivity index (χ1v) is 8.03. The molecule has 0 saturated heterocycles. The predicted molar refractivity (Wildman–Crippen MR) is 74.8 cm³/mol. The normalized spacial score (nSPS) is 18.4. The monoisotopic (exact) mass is 297 g/mol. The highest BCUT2D eigenvalue weighted by Gasteiger charge is 2.42. The zero-order valence-corrected chi connectivity index (χ0v) is 12.6. The van der Waals surface area contributed by atoms with Gasteiger partial charge in [0.1, 0.15) is 0 Å². The molecular formula is C13H19N3O3S. The largest absolute Gasteiger partial charge is 0.314 e. The summed E-state index contributed by atoms with van der Waals surface area (Å²) in [6.45, 7) is 6.76. The lowest BCUT2D eigenvalue weighted by Gasteiger charge is -2.21. The van der Waals surface area contributed by atoms with Crippen molar-refractivity contribution in [3.05, 3.63) is 23.9 Å². The van der Waals surface area contributed by atoms with Gasteiger partial charge in [0.05, 0.1) is 5.56 Å². The molecule has 0 fully saturated rings. The topological polar surface area (TPSA) is 79.4 Å². The van der Waals surface area contributed by atoms with E-state index in [2.05, 4.69) is 10.3 Å². The molecule has 0 saturated carbocycles. The van der Waals surface area contributed by atoms with Crippen LogP contribution in [-0.4, -0.2) is 42.7 Å². The molecular weight excluding hydrogens is 278 g/mol. The standard InChI is InChI=1S/C13H19N3O3S/c1-9(2)15-7-10(3)8-16-13(17)11-5-4-6-14-12(11)20(16,18)19/h4-6,9-10,15H,7-8H2,1-3H3. The Bertz CT molecular complexity index is 613. The molecule has 1 atom stereocenters. The Morgan fingerprint density at radius 1 is 1.35 bits per heavy atom. The summed E-state index contributed by atoms with van der Waals surface area (Å²) in [6.07, 6.45) is 1.39. The van der Waals surface area contributed by atoms with Gasteiger partial charge in [-0.25, -0.2) is 9.29 Å². The van der Waals surface area contributed by atoms with Gasteiger partial charge < -0.3 is 5.32 Å². The molecule has 1 aliphatic heterocycles. The van der Waals surface area contributed by atoms with Crippen molar-refractivity contribution < 1.29 is 13.2 Å². The van der Waals surface area contributed by atoms with E-state index in [1.807, 2.05) is 20.8 Å². The number of rotatable bonds is 5. The number of pyridine rings is 1. The Morgan fingerprint density at radius 3 is 2.65 bits per heavy atom. The molecule has 1 N–H and O–H groups in total. The number of aromatic nitrogens is 1. The van der Waals surface area contributed by atoms with E-state index in [0.29, 0.717) is 12.6 Å². The van der Waals surface area contributed by atoms with E-state index < -0.39 is 15.9 Å². The quantitative estimate of drug-likeness (QED) is 0.872. The summed E-state index contributed by atoms with van der Waals surface area (Å²) in [4.78, 5) is 16.0. The van der Waals surface area contributed by atoms with Gasteiger partial charge >= 0.3 is 0 Å². The number of fused-ring (bicyclic) bond motifs is 1. The van der Waals surface area contributed by atoms with Crippen molar-refractivity contribution in [1.82, 2.24) is 14.6 Å². The minimum atomic E-state index is -3.78. The fourth-order valence-electron chi connectivity index (χ4n) is 2.07. The highest BCUT2D eigenvalue weighted by molar-refractivity contribution is 7.90. The zero-order chi connectivity index (χ0) is 14.9. The Hall–Kier alpha value is -1.47. The molecule has 1 aromatic heterocycles. The van der Waals surface area contributed by atoms with Crippen LogP contribution in [0, 0.1) is 5.92 Å². The third kappa shape index (κ3) is 2.69. The van der Waals surface area contributed by atoms with Gasteiger partial charge in [-0.05, 0) is 24.6 Å². The summed E-state index contributed by atoms with van der Waals surface area (Å²) in [5.74, 6) is -0.449. The van der Waals surface area contributed by atoms with E-state index in [9.17, 15) is 13.2 Å². The molecule has 110 valence electrons. The van der Waals surface area contributed by atoms with Crippen molar-refractivity contribution in [1.29, 1.82) is 0 Å². The fraction of sp³-hybridized carbons (Fsp3) is 0.538. The number of amides is 1. The summed E-state index contributed by atoms with van der Waals surface area (Å²) in [7, 11) is -3.78. The van der Waals surface area contributed by atoms with E-state index in [4.69, 9.17) is 0 Å². The maximum Gasteiger partial charge on any atom is 0.285 e. The van der Waals surface area contributed by atoms with Crippen molar-refractivity contribution >= 4 is 15.9 Å². The van der Waals surface area contributed by atoms with Crippen molar-refractivity contribution in [3.63, 3.8) is 0 Å². The van der Waals surface area contributed by atoms with Crippen LogP contribution in [0.4, 0.5) is 0 Å². The molecule has 1 amide bonds. The lowest BCUT2D eigenvalue weighted by Crippen LogP contribution is -2.38. The Labute approximate surface area is 119 Å². The third-order valence-electron chi connectivity index (χ3n) is 3.11. The van der Waals surface area contributed by atoms with Gasteiger partial charge in [-0.15, -0.1) is 0 Å². The molecule has 20 heavy (non-hydrogen) atoms. The molecule has 0 radical (unpaired) electrons. The van der Waals surface area contributed by atoms with Crippen LogP contribution in [-0.2, 0) is 10.0 Å². The van der Waals surface area contributed by atoms with Crippen LogP contribution < -0.4 is 5.32 Å². The second-order valence-electron chi connectivity index (χ2n) is 5.37. The smallest absolute Gasteiger partial charge is 0.285 e. The lowest BCUT2D eigenvalue weighted by atomic mass is 10.1. The predicted octanol–water partition coefficient (Wildman–Crippen LogP) is 0.860. The summed E-state index contributed by atoms with van der Waals surface area (Å²) in [5, 5.41) is 3.10. The van der Waals surface area contributed by atoms with E-state index in [1.54, 1.807) is 6.07 Å². The maximum atomic E-state index is 12.3. The molecule has 6 nitrogen and oxygen atoms in total. The maximum absolute atomic E-state index is 12.3. The second-order valence-corrected chi connectivity index (χ2v) is 7.14. The van der Waals surface area contributed by atoms with Gasteiger partial charge in [-0.3, -0.25) is 4.79 Å². The molecule has 2 rings (SSSR count). The van der Waals surface area contributed by atoms with Crippen molar-refractivity contribution in [3.8, 4) is 0 Å². The van der Waals surface area contributed by atoms with Crippen LogP contribution in [0.5, 0.6) is 0 Å². The van der Waals surface area contributed by atoms with Crippen LogP contribution in [0.1, 0.15) is 31.1 Å². The Kier molecular flexibility index (Phi) is 4.10. The first-order chi connectivity index (χ1) is 9.34. The first kappa shape index (κ1) is 14.9. The van der Waals surface area contributed by atoms with Crippen molar-refractivity contribution in [2.75, 3.05) is 13.1 Å². The number of nitrogens with zero attached hydrogens (tertiary/aromatic N) is 2. The van der Waals surface area contributed by atoms with Gasteiger partial charge in [0, 0.05) is 18.8 Å². The van der Waals surface area contributed by atoms with E-state index >= 15 is 0 Å². The summed E-state index contributed by atoms with van der Waals surface area (Å²) >= 11 is 0. The number of hydrogen-bond acceptors (Lipinski definition) is 5. The van der Waals surface area contributed by atoms with Crippen LogP contribution in [0.25, 0.3) is 0 Å². The number of carbonyl (C=O) groups excluding carboxylic acids is 1. The minimum Gasteiger partial charge on any atom is -0.314 e. The zero-order valence-electron chi connectivity index (χ0n) is 11.8. The number of sulfonamides is 1. The van der Waals surface area contributed by atoms with E-state index in [1.165, 1.54) is 12.3 Å². The molecule has 0 aliphatic carbocycles. The van der Waals surface area contributed by atoms with Gasteiger partial charge in [-0.1, -0.05) is 20.8 Å². The second kappa shape index (κ2) is 5.49. The van der Waals surface area contributed by atoms with Gasteiger partial charge in [0.25, 0.3) is 15.9 Å². The van der Waals surface area contributed by atoms with E-state index in [-0.39, 0.29) is 23.1 Å². The Balaban J connectivity index is 2.17. The molecule has 0 spiro atoms. The first-order valence-electron chi connectivity index (χ1n) is 6.59. The molecule has 1 aromatic rings. The minimum absolute atomic E-state index is 0.0328. The summed E-state index contributed by atoms with van der Waals surface area (Å²) in [5.41, 5.74) is 0.163. The lowest BCUT2D eigenvalue weighted by molar-refractivity contribution is 0.0858. The summed E-state index contributed by atoms with van der Waals surface area (Å²) < 4.78 is 25.5. The van der Waals surface area contributed by atoms with Crippen LogP contribution in [0.15, 0.2) is 23.4 Å². The molecule has 1 aliphatic rings. The van der Waals surface area contributed by atoms with Crippen molar-refractivity contribution in [2.45, 2.75) is 31.8 Å². The molecule has 1 unspecified atom stereocenters. The highest BCUT2D eigenvalue weighted by Crippen LogP contribution is 2.28. The number of nitrogens with one attached hydrogen (secondary N) is 1. The van der Waals surface area contributed by atoms with Crippen molar-refractivity contribution in [2.24, 2.45) is 5.92 Å². The average molecular weight is 297 g/mol. The molecule has 7 heteroatoms. The average Bonchev–Trinajstić information content (AvgIpc) is 2.58. The van der Waals surface area contributed by atoms with Gasteiger partial charge in [0.2, 0.25) is 0 Å². The Morgan fingerprint density at radius 2 is 2.05 bits per heavy atom.